The van der Waals surface area contributed by atoms with Gasteiger partial charge in [-0.15, -0.1) is 22.7 Å². The Morgan fingerprint density at radius 1 is 1.21 bits per heavy atom. The van der Waals surface area contributed by atoms with Gasteiger partial charge in [-0.25, -0.2) is 9.97 Å². The highest BCUT2D eigenvalue weighted by Crippen LogP contribution is 2.23. The molecule has 2 N–H and O–H groups in total. The summed E-state index contributed by atoms with van der Waals surface area (Å²) in [7, 11) is 1.79. The average molecular weight is 366 g/mol. The van der Waals surface area contributed by atoms with Crippen LogP contribution >= 0.6 is 22.7 Å². The number of aliphatic imine (C=N–C) groups is 1. The second-order valence-corrected chi connectivity index (χ2v) is 8.95. The minimum atomic E-state index is 0.116. The number of aromatic nitrogens is 2. The summed E-state index contributed by atoms with van der Waals surface area (Å²) in [6.45, 7) is 12.2. The van der Waals surface area contributed by atoms with Gasteiger partial charge in [0.15, 0.2) is 5.96 Å². The van der Waals surface area contributed by atoms with Crippen molar-refractivity contribution < 1.29 is 0 Å². The Morgan fingerprint density at radius 3 is 2.50 bits per heavy atom. The Hall–Kier alpha value is -1.47. The molecular formula is C17H27N5S2. The van der Waals surface area contributed by atoms with Crippen molar-refractivity contribution in [1.29, 1.82) is 0 Å². The van der Waals surface area contributed by atoms with Gasteiger partial charge < -0.3 is 10.6 Å². The standard InChI is InChI=1S/C17H27N5S2/c1-11-13(24-12(2)21-11)9-20-16(18-6)19-8-7-15-22-14(10-23-15)17(3,4)5/h10H,7-9H2,1-6H3,(H2,18,19,20). The number of nitrogens with one attached hydrogen (secondary N) is 2. The SMILES string of the molecule is CN=C(NCCc1nc(C(C)(C)C)cs1)NCc1sc(C)nc1C. The number of hydrogen-bond donors (Lipinski definition) is 2. The molecule has 0 atom stereocenters. The van der Waals surface area contributed by atoms with E-state index < -0.39 is 0 Å². The summed E-state index contributed by atoms with van der Waals surface area (Å²) >= 11 is 3.46. The zero-order chi connectivity index (χ0) is 17.7. The van der Waals surface area contributed by atoms with E-state index in [-0.39, 0.29) is 5.41 Å². The summed E-state index contributed by atoms with van der Waals surface area (Å²) in [5, 5.41) is 11.1. The first-order valence-electron chi connectivity index (χ1n) is 8.12. The van der Waals surface area contributed by atoms with Gasteiger partial charge >= 0.3 is 0 Å². The summed E-state index contributed by atoms with van der Waals surface area (Å²) in [6.07, 6.45) is 0.903. The number of rotatable bonds is 5. The largest absolute Gasteiger partial charge is 0.356 e. The summed E-state index contributed by atoms with van der Waals surface area (Å²) in [5.74, 6) is 0.813. The molecule has 0 saturated carbocycles. The van der Waals surface area contributed by atoms with E-state index in [1.54, 1.807) is 29.7 Å². The second kappa shape index (κ2) is 8.07. The van der Waals surface area contributed by atoms with E-state index in [0.717, 1.165) is 41.2 Å². The van der Waals surface area contributed by atoms with Crippen LogP contribution in [0.2, 0.25) is 0 Å². The third-order valence-electron chi connectivity index (χ3n) is 3.59. The molecule has 24 heavy (non-hydrogen) atoms. The smallest absolute Gasteiger partial charge is 0.191 e. The van der Waals surface area contributed by atoms with Gasteiger partial charge in [-0.2, -0.15) is 0 Å². The van der Waals surface area contributed by atoms with Crippen molar-refractivity contribution in [2.75, 3.05) is 13.6 Å². The molecule has 0 amide bonds. The average Bonchev–Trinajstić information content (AvgIpc) is 3.09. The highest BCUT2D eigenvalue weighted by Gasteiger charge is 2.17. The Labute approximate surface area is 152 Å². The molecule has 5 nitrogen and oxygen atoms in total. The molecule has 0 saturated heterocycles. The van der Waals surface area contributed by atoms with Crippen LogP contribution in [-0.4, -0.2) is 29.5 Å². The van der Waals surface area contributed by atoms with E-state index in [0.29, 0.717) is 0 Å². The molecule has 0 bridgehead atoms. The molecule has 0 aliphatic heterocycles. The summed E-state index contributed by atoms with van der Waals surface area (Å²) in [4.78, 5) is 14.7. The van der Waals surface area contributed by atoms with Gasteiger partial charge in [0.2, 0.25) is 0 Å². The maximum atomic E-state index is 4.72. The van der Waals surface area contributed by atoms with E-state index in [2.05, 4.69) is 46.8 Å². The van der Waals surface area contributed by atoms with E-state index in [4.69, 9.17) is 4.98 Å². The molecule has 0 fully saturated rings. The molecule has 2 aromatic rings. The van der Waals surface area contributed by atoms with Crippen LogP contribution in [0.3, 0.4) is 0 Å². The summed E-state index contributed by atoms with van der Waals surface area (Å²) in [5.41, 5.74) is 2.38. The minimum absolute atomic E-state index is 0.116. The number of hydrogen-bond acceptors (Lipinski definition) is 5. The Morgan fingerprint density at radius 2 is 1.96 bits per heavy atom. The normalized spacial score (nSPS) is 12.5. The third kappa shape index (κ3) is 5.27. The number of guanidine groups is 1. The van der Waals surface area contributed by atoms with Crippen LogP contribution in [0.4, 0.5) is 0 Å². The fourth-order valence-electron chi connectivity index (χ4n) is 2.18. The maximum Gasteiger partial charge on any atom is 0.191 e. The molecule has 0 radical (unpaired) electrons. The molecule has 2 heterocycles. The van der Waals surface area contributed by atoms with Crippen LogP contribution in [0.15, 0.2) is 10.4 Å². The lowest BCUT2D eigenvalue weighted by Gasteiger charge is -2.14. The molecule has 2 rings (SSSR count). The Kier molecular flexibility index (Phi) is 6.34. The van der Waals surface area contributed by atoms with Crippen molar-refractivity contribution in [3.05, 3.63) is 31.7 Å². The van der Waals surface area contributed by atoms with Crippen molar-refractivity contribution in [2.24, 2.45) is 4.99 Å². The van der Waals surface area contributed by atoms with Crippen molar-refractivity contribution in [1.82, 2.24) is 20.6 Å². The van der Waals surface area contributed by atoms with Crippen LogP contribution in [0.1, 0.15) is 47.1 Å². The van der Waals surface area contributed by atoms with E-state index in [1.165, 1.54) is 10.6 Å². The maximum absolute atomic E-state index is 4.72. The molecular weight excluding hydrogens is 338 g/mol. The number of nitrogens with zero attached hydrogens (tertiary/aromatic N) is 3. The highest BCUT2D eigenvalue weighted by molar-refractivity contribution is 7.11. The van der Waals surface area contributed by atoms with Gasteiger partial charge in [-0.1, -0.05) is 20.8 Å². The minimum Gasteiger partial charge on any atom is -0.356 e. The molecule has 0 spiro atoms. The van der Waals surface area contributed by atoms with Crippen molar-refractivity contribution >= 4 is 28.6 Å². The van der Waals surface area contributed by atoms with Gasteiger partial charge in [0.05, 0.1) is 27.9 Å². The molecule has 0 unspecified atom stereocenters. The Balaban J connectivity index is 1.79. The molecule has 132 valence electrons. The van der Waals surface area contributed by atoms with E-state index in [9.17, 15) is 0 Å². The predicted octanol–water partition coefficient (Wildman–Crippen LogP) is 3.42. The van der Waals surface area contributed by atoms with Gasteiger partial charge in [-0.3, -0.25) is 4.99 Å². The lowest BCUT2D eigenvalue weighted by atomic mass is 9.93. The first kappa shape index (κ1) is 18.9. The van der Waals surface area contributed by atoms with Crippen molar-refractivity contribution in [2.45, 2.75) is 53.0 Å². The first-order valence-corrected chi connectivity index (χ1v) is 9.81. The topological polar surface area (TPSA) is 62.2 Å². The van der Waals surface area contributed by atoms with Crippen LogP contribution in [0.5, 0.6) is 0 Å². The lowest BCUT2D eigenvalue weighted by molar-refractivity contribution is 0.570. The van der Waals surface area contributed by atoms with Crippen LogP contribution in [0, 0.1) is 13.8 Å². The van der Waals surface area contributed by atoms with Gasteiger partial charge in [0.1, 0.15) is 0 Å². The quantitative estimate of drug-likeness (QED) is 0.629. The van der Waals surface area contributed by atoms with Crippen LogP contribution < -0.4 is 10.6 Å². The third-order valence-corrected chi connectivity index (χ3v) is 5.57. The van der Waals surface area contributed by atoms with Crippen molar-refractivity contribution in [3.8, 4) is 0 Å². The number of aryl methyl sites for hydroxylation is 2. The van der Waals surface area contributed by atoms with Crippen LogP contribution in [-0.2, 0) is 18.4 Å². The van der Waals surface area contributed by atoms with E-state index >= 15 is 0 Å². The van der Waals surface area contributed by atoms with Gasteiger partial charge in [0, 0.05) is 35.7 Å². The molecule has 2 aromatic heterocycles. The molecule has 7 heteroatoms. The Bertz CT molecular complexity index is 694. The highest BCUT2D eigenvalue weighted by atomic mass is 32.1. The molecule has 0 aliphatic carbocycles. The van der Waals surface area contributed by atoms with Crippen LogP contribution in [0.25, 0.3) is 0 Å². The zero-order valence-electron chi connectivity index (χ0n) is 15.4. The summed E-state index contributed by atoms with van der Waals surface area (Å²) < 4.78 is 0. The summed E-state index contributed by atoms with van der Waals surface area (Å²) in [6, 6.07) is 0. The molecule has 0 aromatic carbocycles. The van der Waals surface area contributed by atoms with Gasteiger partial charge in [0.25, 0.3) is 0 Å². The van der Waals surface area contributed by atoms with E-state index in [1.807, 2.05) is 13.8 Å². The molecule has 0 aliphatic rings. The fourth-order valence-corrected chi connectivity index (χ4v) is 4.08. The van der Waals surface area contributed by atoms with Crippen molar-refractivity contribution in [3.63, 3.8) is 0 Å². The second-order valence-electron chi connectivity index (χ2n) is 6.72. The lowest BCUT2D eigenvalue weighted by Crippen LogP contribution is -2.37. The predicted molar refractivity (Wildman–Crippen MR) is 104 cm³/mol. The zero-order valence-corrected chi connectivity index (χ0v) is 17.0. The monoisotopic (exact) mass is 365 g/mol. The number of thiazole rings is 2. The fraction of sp³-hybridized carbons (Fsp3) is 0.588. The van der Waals surface area contributed by atoms with Gasteiger partial charge in [-0.05, 0) is 13.8 Å². The first-order chi connectivity index (χ1) is 11.3.